The van der Waals surface area contributed by atoms with Gasteiger partial charge < -0.3 is 0 Å². The first-order valence-electron chi connectivity index (χ1n) is 3.21. The summed E-state index contributed by atoms with van der Waals surface area (Å²) in [6.45, 7) is 0.566. The van der Waals surface area contributed by atoms with Crippen LogP contribution in [0.2, 0.25) is 0 Å². The lowest BCUT2D eigenvalue weighted by atomic mass is 10.4. The Morgan fingerprint density at radius 2 is 2.18 bits per heavy atom. The van der Waals surface area contributed by atoms with E-state index in [1.165, 1.54) is 11.3 Å². The van der Waals surface area contributed by atoms with Crippen LogP contribution in [0.25, 0.3) is 0 Å². The van der Waals surface area contributed by atoms with Crippen molar-refractivity contribution < 1.29 is 0 Å². The third-order valence-corrected chi connectivity index (χ3v) is 1.44. The van der Waals surface area contributed by atoms with Crippen molar-refractivity contribution in [3.63, 3.8) is 0 Å². The fourth-order valence-corrected chi connectivity index (χ4v) is 0.957. The van der Waals surface area contributed by atoms with Gasteiger partial charge in [0.25, 0.3) is 0 Å². The predicted octanol–water partition coefficient (Wildman–Crippen LogP) is -0.301. The summed E-state index contributed by atoms with van der Waals surface area (Å²) in [6, 6.07) is 0. The second-order valence-corrected chi connectivity index (χ2v) is 2.19. The van der Waals surface area contributed by atoms with Gasteiger partial charge in [-0.25, -0.2) is 10.8 Å². The monoisotopic (exact) mass is 149 g/mol. The van der Waals surface area contributed by atoms with Gasteiger partial charge in [0.15, 0.2) is 5.82 Å². The molecule has 2 N–H and O–H groups in total. The molecule has 0 radical (unpaired) electrons. The van der Waals surface area contributed by atoms with E-state index in [1.54, 1.807) is 12.4 Å². The van der Waals surface area contributed by atoms with Crippen LogP contribution in [0.5, 0.6) is 0 Å². The third kappa shape index (κ3) is 0.947. The first-order chi connectivity index (χ1) is 5.38. The molecule has 56 valence electrons. The minimum Gasteiger partial charge on any atom is -0.267 e. The molecule has 0 atom stereocenters. The largest absolute Gasteiger partial charge is 0.267 e. The zero-order chi connectivity index (χ0) is 7.68. The number of hydrazine groups is 1. The van der Waals surface area contributed by atoms with Gasteiger partial charge >= 0.3 is 0 Å². The highest BCUT2D eigenvalue weighted by atomic mass is 15.4. The van der Waals surface area contributed by atoms with Crippen LogP contribution < -0.4 is 10.9 Å². The van der Waals surface area contributed by atoms with E-state index in [0.29, 0.717) is 12.4 Å². The molecule has 0 aliphatic carbocycles. The van der Waals surface area contributed by atoms with E-state index < -0.39 is 0 Å². The first kappa shape index (κ1) is 6.23. The molecule has 1 aromatic rings. The minimum atomic E-state index is 0.566. The summed E-state index contributed by atoms with van der Waals surface area (Å²) in [7, 11) is 0. The Kier molecular flexibility index (Phi) is 1.29. The van der Waals surface area contributed by atoms with Crippen LogP contribution in [0.1, 0.15) is 5.69 Å². The quantitative estimate of drug-likeness (QED) is 0.514. The molecule has 2 rings (SSSR count). The van der Waals surface area contributed by atoms with Crippen LogP contribution in [0.4, 0.5) is 5.82 Å². The molecule has 0 unspecified atom stereocenters. The Labute approximate surface area is 63.6 Å². The molecular weight excluding hydrogens is 142 g/mol. The van der Waals surface area contributed by atoms with Crippen molar-refractivity contribution in [1.82, 2.24) is 9.97 Å². The molecule has 5 nitrogen and oxygen atoms in total. The van der Waals surface area contributed by atoms with Crippen LogP contribution >= 0.6 is 0 Å². The van der Waals surface area contributed by atoms with E-state index in [0.717, 1.165) is 5.69 Å². The number of rotatable bonds is 0. The third-order valence-electron chi connectivity index (χ3n) is 1.44. The Balaban J connectivity index is 2.50. The van der Waals surface area contributed by atoms with Crippen molar-refractivity contribution >= 4 is 12.2 Å². The van der Waals surface area contributed by atoms with E-state index in [1.807, 2.05) is 0 Å². The van der Waals surface area contributed by atoms with Crippen LogP contribution in [0.3, 0.4) is 0 Å². The maximum Gasteiger partial charge on any atom is 0.172 e. The fourth-order valence-electron chi connectivity index (χ4n) is 0.957. The molecule has 1 aliphatic rings. The SMILES string of the molecule is NN1C=NCc2nccnc21. The van der Waals surface area contributed by atoms with Gasteiger partial charge in [0.05, 0.1) is 6.54 Å². The number of anilines is 1. The molecule has 0 aromatic carbocycles. The van der Waals surface area contributed by atoms with Gasteiger partial charge in [-0.3, -0.25) is 15.0 Å². The second-order valence-electron chi connectivity index (χ2n) is 2.19. The van der Waals surface area contributed by atoms with Gasteiger partial charge in [-0.2, -0.15) is 0 Å². The molecule has 1 aromatic heterocycles. The lowest BCUT2D eigenvalue weighted by Crippen LogP contribution is -2.33. The van der Waals surface area contributed by atoms with E-state index in [2.05, 4.69) is 15.0 Å². The summed E-state index contributed by atoms with van der Waals surface area (Å²) in [4.78, 5) is 12.1. The first-order valence-corrected chi connectivity index (χ1v) is 3.21. The van der Waals surface area contributed by atoms with Crippen LogP contribution in [-0.2, 0) is 6.54 Å². The molecule has 0 spiro atoms. The number of hydrogen-bond acceptors (Lipinski definition) is 5. The number of fused-ring (bicyclic) bond motifs is 1. The maximum atomic E-state index is 5.53. The number of nitrogens with zero attached hydrogens (tertiary/aromatic N) is 4. The molecule has 2 heterocycles. The van der Waals surface area contributed by atoms with Crippen molar-refractivity contribution in [2.75, 3.05) is 5.01 Å². The predicted molar refractivity (Wildman–Crippen MR) is 40.9 cm³/mol. The summed E-state index contributed by atoms with van der Waals surface area (Å²) in [5.41, 5.74) is 0.817. The number of nitrogens with two attached hydrogens (primary N) is 1. The minimum absolute atomic E-state index is 0.566. The highest BCUT2D eigenvalue weighted by molar-refractivity contribution is 5.78. The Morgan fingerprint density at radius 3 is 3.00 bits per heavy atom. The average Bonchev–Trinajstić information content (AvgIpc) is 2.06. The maximum absolute atomic E-state index is 5.53. The number of aliphatic imine (C=N–C) groups is 1. The van der Waals surface area contributed by atoms with Crippen LogP contribution in [0, 0.1) is 0 Å². The van der Waals surface area contributed by atoms with Gasteiger partial charge in [0, 0.05) is 12.4 Å². The summed E-state index contributed by atoms with van der Waals surface area (Å²) < 4.78 is 0. The topological polar surface area (TPSA) is 67.4 Å². The zero-order valence-electron chi connectivity index (χ0n) is 5.81. The van der Waals surface area contributed by atoms with Gasteiger partial charge in [-0.05, 0) is 0 Å². The lowest BCUT2D eigenvalue weighted by molar-refractivity contribution is 0.899. The highest BCUT2D eigenvalue weighted by Gasteiger charge is 2.11. The Morgan fingerprint density at radius 1 is 1.36 bits per heavy atom. The summed E-state index contributed by atoms with van der Waals surface area (Å²) in [6.07, 6.45) is 4.78. The lowest BCUT2D eigenvalue weighted by Gasteiger charge is -2.17. The molecule has 0 fully saturated rings. The molecule has 0 bridgehead atoms. The molecule has 0 amide bonds. The summed E-state index contributed by atoms with van der Waals surface area (Å²) in [5, 5.41) is 1.37. The molecule has 11 heavy (non-hydrogen) atoms. The van der Waals surface area contributed by atoms with Gasteiger partial charge in [0.2, 0.25) is 0 Å². The normalized spacial score (nSPS) is 14.8. The molecule has 1 aliphatic heterocycles. The van der Waals surface area contributed by atoms with Crippen molar-refractivity contribution in [1.29, 1.82) is 0 Å². The Bertz CT molecular complexity index is 295. The molecule has 0 saturated carbocycles. The van der Waals surface area contributed by atoms with Crippen molar-refractivity contribution in [2.45, 2.75) is 6.54 Å². The van der Waals surface area contributed by atoms with Gasteiger partial charge in [0.1, 0.15) is 12.0 Å². The molecule has 0 saturated heterocycles. The van der Waals surface area contributed by atoms with Crippen LogP contribution in [-0.4, -0.2) is 16.3 Å². The highest BCUT2D eigenvalue weighted by Crippen LogP contribution is 2.14. The van der Waals surface area contributed by atoms with E-state index >= 15 is 0 Å². The van der Waals surface area contributed by atoms with Crippen molar-refractivity contribution in [2.24, 2.45) is 10.8 Å². The summed E-state index contributed by atoms with van der Waals surface area (Å²) in [5.74, 6) is 6.21. The van der Waals surface area contributed by atoms with E-state index in [9.17, 15) is 0 Å². The zero-order valence-corrected chi connectivity index (χ0v) is 5.81. The fraction of sp³-hybridized carbons (Fsp3) is 0.167. The second kappa shape index (κ2) is 2.28. The average molecular weight is 149 g/mol. The van der Waals surface area contributed by atoms with Crippen molar-refractivity contribution in [3.8, 4) is 0 Å². The van der Waals surface area contributed by atoms with E-state index in [-0.39, 0.29) is 0 Å². The smallest absolute Gasteiger partial charge is 0.172 e. The standard InChI is InChI=1S/C6H7N5/c7-11-4-8-3-5-6(11)10-2-1-9-5/h1-2,4H,3,7H2. The van der Waals surface area contributed by atoms with E-state index in [4.69, 9.17) is 5.84 Å². The molecular formula is C6H7N5. The van der Waals surface area contributed by atoms with Gasteiger partial charge in [-0.1, -0.05) is 0 Å². The summed E-state index contributed by atoms with van der Waals surface area (Å²) >= 11 is 0. The number of aromatic nitrogens is 2. The van der Waals surface area contributed by atoms with Crippen molar-refractivity contribution in [3.05, 3.63) is 18.1 Å². The Hall–Kier alpha value is -1.49. The number of hydrogen-bond donors (Lipinski definition) is 1. The van der Waals surface area contributed by atoms with Crippen LogP contribution in [0.15, 0.2) is 17.4 Å². The molecule has 5 heteroatoms. The van der Waals surface area contributed by atoms with Gasteiger partial charge in [-0.15, -0.1) is 0 Å².